The van der Waals surface area contributed by atoms with Crippen LogP contribution < -0.4 is 5.32 Å². The summed E-state index contributed by atoms with van der Waals surface area (Å²) in [5.74, 6) is 1.63. The van der Waals surface area contributed by atoms with Gasteiger partial charge < -0.3 is 5.32 Å². The summed E-state index contributed by atoms with van der Waals surface area (Å²) in [5, 5.41) is 3.68. The molecule has 0 atom stereocenters. The van der Waals surface area contributed by atoms with Gasteiger partial charge in [-0.2, -0.15) is 0 Å². The molecule has 0 aromatic rings. The smallest absolute Gasteiger partial charge is 0.00719 e. The largest absolute Gasteiger partial charge is 0.314 e. The first kappa shape index (κ1) is 14.0. The molecule has 0 aromatic carbocycles. The highest BCUT2D eigenvalue weighted by Crippen LogP contribution is 2.13. The highest BCUT2D eigenvalue weighted by molar-refractivity contribution is 4.70. The fourth-order valence-corrected chi connectivity index (χ4v) is 1.88. The summed E-state index contributed by atoms with van der Waals surface area (Å²) < 4.78 is 0. The molecule has 0 fully saturated rings. The first-order valence-electron chi connectivity index (χ1n) is 6.29. The zero-order valence-electron chi connectivity index (χ0n) is 10.8. The molecule has 1 N–H and O–H groups in total. The second-order valence-electron chi connectivity index (χ2n) is 5.26. The highest BCUT2D eigenvalue weighted by atomic mass is 14.9. The van der Waals surface area contributed by atoms with Crippen LogP contribution in [0.15, 0.2) is 0 Å². The van der Waals surface area contributed by atoms with Crippen LogP contribution in [-0.2, 0) is 0 Å². The minimum absolute atomic E-state index is 0.738. The minimum atomic E-state index is 0.738. The van der Waals surface area contributed by atoms with Gasteiger partial charge in [-0.3, -0.25) is 0 Å². The molecule has 0 aliphatic heterocycles. The Morgan fingerprint density at radius 1 is 0.929 bits per heavy atom. The van der Waals surface area contributed by atoms with Crippen LogP contribution >= 0.6 is 0 Å². The highest BCUT2D eigenvalue weighted by Gasteiger charge is 2.11. The van der Waals surface area contributed by atoms with Crippen LogP contribution in [0.1, 0.15) is 60.3 Å². The van der Waals surface area contributed by atoms with Gasteiger partial charge in [0.25, 0.3) is 0 Å². The number of nitrogens with one attached hydrogen (secondary N) is 1. The summed E-state index contributed by atoms with van der Waals surface area (Å²) in [5.41, 5.74) is 0. The van der Waals surface area contributed by atoms with Gasteiger partial charge >= 0.3 is 0 Å². The van der Waals surface area contributed by atoms with Crippen molar-refractivity contribution in [3.05, 3.63) is 0 Å². The zero-order valence-corrected chi connectivity index (χ0v) is 10.8. The van der Waals surface area contributed by atoms with Crippen molar-refractivity contribution >= 4 is 0 Å². The Balaban J connectivity index is 3.72. The Morgan fingerprint density at radius 2 is 1.43 bits per heavy atom. The van der Waals surface area contributed by atoms with Gasteiger partial charge in [0.05, 0.1) is 0 Å². The molecule has 0 heterocycles. The van der Waals surface area contributed by atoms with Gasteiger partial charge in [-0.15, -0.1) is 0 Å². The molecule has 1 heteroatoms. The Morgan fingerprint density at radius 3 is 1.79 bits per heavy atom. The van der Waals surface area contributed by atoms with Gasteiger partial charge in [-0.25, -0.2) is 0 Å². The van der Waals surface area contributed by atoms with Crippen molar-refractivity contribution < 1.29 is 0 Å². The van der Waals surface area contributed by atoms with Crippen LogP contribution in [0, 0.1) is 11.8 Å². The fourth-order valence-electron chi connectivity index (χ4n) is 1.88. The standard InChI is InChI=1S/C13H29N/c1-6-7-8-14-13(9-11(2)3)10-12(4)5/h11-14H,6-10H2,1-5H3. The fraction of sp³-hybridized carbons (Fsp3) is 1.00. The van der Waals surface area contributed by atoms with Crippen LogP contribution in [0.3, 0.4) is 0 Å². The predicted molar refractivity (Wildman–Crippen MR) is 65.6 cm³/mol. The van der Waals surface area contributed by atoms with Crippen LogP contribution in [-0.4, -0.2) is 12.6 Å². The molecule has 0 saturated carbocycles. The van der Waals surface area contributed by atoms with E-state index < -0.39 is 0 Å². The van der Waals surface area contributed by atoms with E-state index in [1.807, 2.05) is 0 Å². The molecule has 0 radical (unpaired) electrons. The van der Waals surface area contributed by atoms with Crippen molar-refractivity contribution in [2.24, 2.45) is 11.8 Å². The van der Waals surface area contributed by atoms with E-state index in [4.69, 9.17) is 0 Å². The summed E-state index contributed by atoms with van der Waals surface area (Å²) in [4.78, 5) is 0. The summed E-state index contributed by atoms with van der Waals surface area (Å²) in [6.45, 7) is 12.7. The molecular formula is C13H29N. The van der Waals surface area contributed by atoms with Crippen LogP contribution in [0.4, 0.5) is 0 Å². The Hall–Kier alpha value is -0.0400. The molecule has 0 unspecified atom stereocenters. The lowest BCUT2D eigenvalue weighted by Gasteiger charge is -2.22. The molecule has 0 aliphatic rings. The summed E-state index contributed by atoms with van der Waals surface area (Å²) in [6, 6.07) is 0.738. The molecule has 0 rings (SSSR count). The third-order valence-corrected chi connectivity index (χ3v) is 2.48. The van der Waals surface area contributed by atoms with E-state index in [-0.39, 0.29) is 0 Å². The maximum absolute atomic E-state index is 3.68. The Labute approximate surface area is 90.7 Å². The van der Waals surface area contributed by atoms with E-state index in [1.165, 1.54) is 32.2 Å². The Bertz CT molecular complexity index is 108. The summed E-state index contributed by atoms with van der Waals surface area (Å²) in [7, 11) is 0. The third-order valence-electron chi connectivity index (χ3n) is 2.48. The zero-order chi connectivity index (χ0) is 11.0. The average Bonchev–Trinajstić information content (AvgIpc) is 2.02. The van der Waals surface area contributed by atoms with Gasteiger partial charge in [0.15, 0.2) is 0 Å². The number of hydrogen-bond acceptors (Lipinski definition) is 1. The van der Waals surface area contributed by atoms with E-state index in [2.05, 4.69) is 39.9 Å². The molecule has 0 bridgehead atoms. The second kappa shape index (κ2) is 8.28. The van der Waals surface area contributed by atoms with Crippen LogP contribution in [0.5, 0.6) is 0 Å². The molecule has 1 nitrogen and oxygen atoms in total. The van der Waals surface area contributed by atoms with Gasteiger partial charge in [-0.05, 0) is 37.6 Å². The normalized spacial score (nSPS) is 12.0. The monoisotopic (exact) mass is 199 g/mol. The van der Waals surface area contributed by atoms with Crippen molar-refractivity contribution in [1.82, 2.24) is 5.32 Å². The molecule has 0 saturated heterocycles. The van der Waals surface area contributed by atoms with E-state index in [0.29, 0.717) is 0 Å². The first-order chi connectivity index (χ1) is 6.56. The predicted octanol–water partition coefficient (Wildman–Crippen LogP) is 3.84. The third kappa shape index (κ3) is 8.55. The van der Waals surface area contributed by atoms with Gasteiger partial charge in [0.1, 0.15) is 0 Å². The molecule has 0 amide bonds. The molecule has 0 spiro atoms. The lowest BCUT2D eigenvalue weighted by Crippen LogP contribution is -2.32. The van der Waals surface area contributed by atoms with Crippen molar-refractivity contribution in [2.45, 2.75) is 66.3 Å². The van der Waals surface area contributed by atoms with Crippen molar-refractivity contribution in [2.75, 3.05) is 6.54 Å². The maximum atomic E-state index is 3.68. The van der Waals surface area contributed by atoms with Crippen molar-refractivity contribution in [3.8, 4) is 0 Å². The van der Waals surface area contributed by atoms with Gasteiger partial charge in [0, 0.05) is 6.04 Å². The van der Waals surface area contributed by atoms with Crippen LogP contribution in [0.2, 0.25) is 0 Å². The van der Waals surface area contributed by atoms with Crippen molar-refractivity contribution in [1.29, 1.82) is 0 Å². The molecule has 0 aliphatic carbocycles. The lowest BCUT2D eigenvalue weighted by atomic mass is 9.95. The van der Waals surface area contributed by atoms with E-state index in [0.717, 1.165) is 17.9 Å². The van der Waals surface area contributed by atoms with E-state index in [1.54, 1.807) is 0 Å². The van der Waals surface area contributed by atoms with Crippen molar-refractivity contribution in [3.63, 3.8) is 0 Å². The molecule has 14 heavy (non-hydrogen) atoms. The minimum Gasteiger partial charge on any atom is -0.314 e. The first-order valence-corrected chi connectivity index (χ1v) is 6.29. The number of unbranched alkanes of at least 4 members (excludes halogenated alkanes) is 1. The molecular weight excluding hydrogens is 170 g/mol. The maximum Gasteiger partial charge on any atom is 0.00719 e. The summed E-state index contributed by atoms with van der Waals surface area (Å²) in [6.07, 6.45) is 5.25. The average molecular weight is 199 g/mol. The number of hydrogen-bond donors (Lipinski definition) is 1. The Kier molecular flexibility index (Phi) is 8.26. The summed E-state index contributed by atoms with van der Waals surface area (Å²) >= 11 is 0. The molecule has 0 aromatic heterocycles. The van der Waals surface area contributed by atoms with E-state index in [9.17, 15) is 0 Å². The van der Waals surface area contributed by atoms with Crippen LogP contribution in [0.25, 0.3) is 0 Å². The SMILES string of the molecule is CCCCNC(CC(C)C)CC(C)C. The van der Waals surface area contributed by atoms with Gasteiger partial charge in [0.2, 0.25) is 0 Å². The number of rotatable bonds is 8. The topological polar surface area (TPSA) is 12.0 Å². The lowest BCUT2D eigenvalue weighted by molar-refractivity contribution is 0.358. The second-order valence-corrected chi connectivity index (χ2v) is 5.26. The molecule has 86 valence electrons. The quantitative estimate of drug-likeness (QED) is 0.586. The van der Waals surface area contributed by atoms with E-state index >= 15 is 0 Å². The van der Waals surface area contributed by atoms with Gasteiger partial charge in [-0.1, -0.05) is 41.0 Å².